The van der Waals surface area contributed by atoms with Gasteiger partial charge in [-0.3, -0.25) is 0 Å². The van der Waals surface area contributed by atoms with Crippen LogP contribution in [-0.4, -0.2) is 16.6 Å². The normalized spacial score (nSPS) is 19.2. The minimum Gasteiger partial charge on any atom is -0.312 e. The highest BCUT2D eigenvalue weighted by molar-refractivity contribution is 7.05. The summed E-state index contributed by atoms with van der Waals surface area (Å²) >= 11 is 1.56. The standard InChI is InChI=1S/C11H19N3S/c1-7(2)9-11(15-14-13-9)10(12-3)8-5-4-6-8/h7-8,10,12H,4-6H2,1-3H3. The maximum absolute atomic E-state index is 4.25. The van der Waals surface area contributed by atoms with Gasteiger partial charge in [-0.25, -0.2) is 0 Å². The van der Waals surface area contributed by atoms with Crippen LogP contribution in [0.1, 0.15) is 55.6 Å². The van der Waals surface area contributed by atoms with Crippen molar-refractivity contribution in [1.82, 2.24) is 14.9 Å². The molecule has 1 atom stereocenters. The summed E-state index contributed by atoms with van der Waals surface area (Å²) in [5.41, 5.74) is 1.19. The highest BCUT2D eigenvalue weighted by atomic mass is 32.1. The molecule has 3 nitrogen and oxygen atoms in total. The Kier molecular flexibility index (Phi) is 3.36. The van der Waals surface area contributed by atoms with E-state index in [2.05, 4.69) is 28.8 Å². The Bertz CT molecular complexity index is 317. The van der Waals surface area contributed by atoms with Crippen molar-refractivity contribution >= 4 is 11.5 Å². The maximum Gasteiger partial charge on any atom is 0.0829 e. The third kappa shape index (κ3) is 2.06. The maximum atomic E-state index is 4.25. The minimum atomic E-state index is 0.481. The van der Waals surface area contributed by atoms with E-state index < -0.39 is 0 Å². The smallest absolute Gasteiger partial charge is 0.0829 e. The van der Waals surface area contributed by atoms with Crippen molar-refractivity contribution in [3.8, 4) is 0 Å². The van der Waals surface area contributed by atoms with Gasteiger partial charge in [-0.15, -0.1) is 5.10 Å². The third-order valence-corrected chi connectivity index (χ3v) is 4.12. The van der Waals surface area contributed by atoms with Gasteiger partial charge in [-0.2, -0.15) is 0 Å². The number of hydrogen-bond acceptors (Lipinski definition) is 4. The highest BCUT2D eigenvalue weighted by Gasteiger charge is 2.31. The molecule has 1 aromatic rings. The Hall–Kier alpha value is -0.480. The third-order valence-electron chi connectivity index (χ3n) is 3.30. The van der Waals surface area contributed by atoms with Crippen LogP contribution in [0.2, 0.25) is 0 Å². The predicted octanol–water partition coefficient (Wildman–Crippen LogP) is 2.72. The summed E-state index contributed by atoms with van der Waals surface area (Å²) in [6, 6.07) is 0.483. The Morgan fingerprint density at radius 3 is 2.60 bits per heavy atom. The lowest BCUT2D eigenvalue weighted by Gasteiger charge is -2.33. The second kappa shape index (κ2) is 4.58. The Morgan fingerprint density at radius 2 is 2.13 bits per heavy atom. The van der Waals surface area contributed by atoms with Crippen LogP contribution >= 0.6 is 11.5 Å². The first kappa shape index (κ1) is 11.0. The molecule has 0 saturated heterocycles. The molecule has 1 saturated carbocycles. The van der Waals surface area contributed by atoms with Crippen molar-refractivity contribution in [3.63, 3.8) is 0 Å². The summed E-state index contributed by atoms with van der Waals surface area (Å²) in [5, 5.41) is 7.69. The van der Waals surface area contributed by atoms with Gasteiger partial charge in [-0.1, -0.05) is 24.8 Å². The van der Waals surface area contributed by atoms with E-state index in [0.717, 1.165) is 5.92 Å². The number of aromatic nitrogens is 2. The van der Waals surface area contributed by atoms with Crippen LogP contribution in [0.25, 0.3) is 0 Å². The first-order chi connectivity index (χ1) is 7.24. The summed E-state index contributed by atoms with van der Waals surface area (Å²) in [6.45, 7) is 4.38. The fourth-order valence-corrected chi connectivity index (χ4v) is 3.19. The summed E-state index contributed by atoms with van der Waals surface area (Å²) in [7, 11) is 2.05. The quantitative estimate of drug-likeness (QED) is 0.856. The van der Waals surface area contributed by atoms with E-state index in [0.29, 0.717) is 12.0 Å². The first-order valence-electron chi connectivity index (χ1n) is 5.73. The number of nitrogens with zero attached hydrogens (tertiary/aromatic N) is 2. The Balaban J connectivity index is 2.21. The molecular weight excluding hydrogens is 206 g/mol. The molecule has 1 aliphatic carbocycles. The van der Waals surface area contributed by atoms with Gasteiger partial charge >= 0.3 is 0 Å². The van der Waals surface area contributed by atoms with Gasteiger partial charge in [0, 0.05) is 6.04 Å². The van der Waals surface area contributed by atoms with Crippen LogP contribution in [0.5, 0.6) is 0 Å². The number of hydrogen-bond donors (Lipinski definition) is 1. The van der Waals surface area contributed by atoms with E-state index in [1.807, 2.05) is 7.05 Å². The molecule has 2 rings (SSSR count). The van der Waals surface area contributed by atoms with Gasteiger partial charge in [0.1, 0.15) is 0 Å². The molecule has 15 heavy (non-hydrogen) atoms. The number of rotatable bonds is 4. The van der Waals surface area contributed by atoms with E-state index in [-0.39, 0.29) is 0 Å². The molecule has 1 N–H and O–H groups in total. The zero-order chi connectivity index (χ0) is 10.8. The van der Waals surface area contributed by atoms with Gasteiger partial charge in [0.2, 0.25) is 0 Å². The molecule has 1 heterocycles. The molecule has 0 aromatic carbocycles. The molecule has 0 radical (unpaired) electrons. The summed E-state index contributed by atoms with van der Waals surface area (Å²) in [6.07, 6.45) is 4.08. The van der Waals surface area contributed by atoms with E-state index in [1.54, 1.807) is 11.5 Å². The van der Waals surface area contributed by atoms with Crippen molar-refractivity contribution in [2.75, 3.05) is 7.05 Å². The molecular formula is C11H19N3S. The molecule has 4 heteroatoms. The molecule has 84 valence electrons. The van der Waals surface area contributed by atoms with Gasteiger partial charge in [0.15, 0.2) is 0 Å². The number of nitrogens with one attached hydrogen (secondary N) is 1. The van der Waals surface area contributed by atoms with Gasteiger partial charge in [0.05, 0.1) is 10.6 Å². The fraction of sp³-hybridized carbons (Fsp3) is 0.818. The average Bonchev–Trinajstić information content (AvgIpc) is 2.58. The molecule has 0 amide bonds. The van der Waals surface area contributed by atoms with Crippen LogP contribution in [0.3, 0.4) is 0 Å². The second-order valence-electron chi connectivity index (χ2n) is 4.63. The molecule has 0 bridgehead atoms. The SMILES string of the molecule is CNC(c1snnc1C(C)C)C1CCC1. The first-order valence-corrected chi connectivity index (χ1v) is 6.50. The summed E-state index contributed by atoms with van der Waals surface area (Å²) < 4.78 is 4.10. The lowest BCUT2D eigenvalue weighted by atomic mass is 9.78. The van der Waals surface area contributed by atoms with Crippen LogP contribution in [0, 0.1) is 5.92 Å². The van der Waals surface area contributed by atoms with E-state index in [9.17, 15) is 0 Å². The highest BCUT2D eigenvalue weighted by Crippen LogP contribution is 2.40. The van der Waals surface area contributed by atoms with Crippen molar-refractivity contribution in [1.29, 1.82) is 0 Å². The van der Waals surface area contributed by atoms with Gasteiger partial charge in [0.25, 0.3) is 0 Å². The van der Waals surface area contributed by atoms with Crippen LogP contribution in [0.4, 0.5) is 0 Å². The van der Waals surface area contributed by atoms with Crippen molar-refractivity contribution in [3.05, 3.63) is 10.6 Å². The topological polar surface area (TPSA) is 37.8 Å². The van der Waals surface area contributed by atoms with E-state index in [1.165, 1.54) is 29.8 Å². The molecule has 1 fully saturated rings. The summed E-state index contributed by atoms with van der Waals surface area (Å²) in [4.78, 5) is 1.36. The molecule has 1 aliphatic rings. The lowest BCUT2D eigenvalue weighted by Crippen LogP contribution is -2.29. The average molecular weight is 225 g/mol. The Labute approximate surface area is 95.4 Å². The zero-order valence-electron chi connectivity index (χ0n) is 9.66. The van der Waals surface area contributed by atoms with Gasteiger partial charge < -0.3 is 5.32 Å². The predicted molar refractivity (Wildman–Crippen MR) is 63.1 cm³/mol. The molecule has 0 aliphatic heterocycles. The van der Waals surface area contributed by atoms with Crippen LogP contribution in [-0.2, 0) is 0 Å². The Morgan fingerprint density at radius 1 is 1.40 bits per heavy atom. The lowest BCUT2D eigenvalue weighted by molar-refractivity contribution is 0.241. The van der Waals surface area contributed by atoms with E-state index in [4.69, 9.17) is 0 Å². The second-order valence-corrected chi connectivity index (χ2v) is 5.42. The van der Waals surface area contributed by atoms with Crippen molar-refractivity contribution in [2.45, 2.75) is 45.1 Å². The van der Waals surface area contributed by atoms with Crippen molar-refractivity contribution in [2.24, 2.45) is 5.92 Å². The van der Waals surface area contributed by atoms with Crippen LogP contribution < -0.4 is 5.32 Å². The molecule has 0 spiro atoms. The molecule has 1 aromatic heterocycles. The molecule has 1 unspecified atom stereocenters. The van der Waals surface area contributed by atoms with E-state index >= 15 is 0 Å². The summed E-state index contributed by atoms with van der Waals surface area (Å²) in [5.74, 6) is 1.28. The minimum absolute atomic E-state index is 0.481. The monoisotopic (exact) mass is 225 g/mol. The largest absolute Gasteiger partial charge is 0.312 e. The van der Waals surface area contributed by atoms with Crippen LogP contribution in [0.15, 0.2) is 0 Å². The fourth-order valence-electron chi connectivity index (χ4n) is 2.17. The zero-order valence-corrected chi connectivity index (χ0v) is 10.5. The van der Waals surface area contributed by atoms with Crippen molar-refractivity contribution < 1.29 is 0 Å². The van der Waals surface area contributed by atoms with Gasteiger partial charge in [-0.05, 0) is 43.3 Å².